The van der Waals surface area contributed by atoms with Crippen LogP contribution >= 0.6 is 0 Å². The Morgan fingerprint density at radius 1 is 1.85 bits per heavy atom. The molecule has 0 saturated heterocycles. The van der Waals surface area contributed by atoms with Gasteiger partial charge in [-0.15, -0.1) is 0 Å². The topological polar surface area (TPSA) is 45.1 Å². The number of pyridine rings is 1. The van der Waals surface area contributed by atoms with E-state index in [9.17, 15) is 5.11 Å². The first-order chi connectivity index (χ1) is 7.42. The van der Waals surface area contributed by atoms with E-state index in [-0.39, 0.29) is 12.0 Å². The van der Waals surface area contributed by atoms with Gasteiger partial charge in [-0.05, 0) is 38.0 Å². The average Bonchev–Trinajstić information content (AvgIpc) is 2.27. The zero-order chi connectivity index (χ0) is 12.2. The Balaban J connectivity index is 2.92. The Bertz CT molecular complexity index is 330. The van der Waals surface area contributed by atoms with Gasteiger partial charge in [-0.25, -0.2) is 0 Å². The fourth-order valence-corrected chi connectivity index (χ4v) is 0.911. The number of hydrogen-bond acceptors (Lipinski definition) is 3. The first-order valence-corrected chi connectivity index (χ1v) is 4.19. The van der Waals surface area contributed by atoms with E-state index in [1.165, 1.54) is 18.5 Å². The molecule has 0 fully saturated rings. The number of aromatic nitrogens is 1. The zero-order valence-corrected chi connectivity index (χ0v) is 7.62. The quantitative estimate of drug-likeness (QED) is 0.719. The molecule has 0 spiro atoms. The van der Waals surface area contributed by atoms with Crippen molar-refractivity contribution in [2.24, 2.45) is 0 Å². The van der Waals surface area contributed by atoms with Crippen LogP contribution in [-0.4, -0.2) is 23.7 Å². The van der Waals surface area contributed by atoms with Gasteiger partial charge in [-0.1, -0.05) is 6.07 Å². The second-order valence-electron chi connectivity index (χ2n) is 2.62. The van der Waals surface area contributed by atoms with Crippen LogP contribution in [0.25, 0.3) is 0 Å². The minimum atomic E-state index is -2.28. The second kappa shape index (κ2) is 5.67. The average molecular weight is 183 g/mol. The number of rotatable bonds is 5. The van der Waals surface area contributed by atoms with Crippen molar-refractivity contribution in [3.8, 4) is 0 Å². The van der Waals surface area contributed by atoms with Gasteiger partial charge < -0.3 is 10.4 Å². The van der Waals surface area contributed by atoms with E-state index in [2.05, 4.69) is 10.3 Å². The largest absolute Gasteiger partial charge is 0.388 e. The minimum Gasteiger partial charge on any atom is -0.388 e. The third kappa shape index (κ3) is 3.53. The van der Waals surface area contributed by atoms with E-state index in [0.29, 0.717) is 6.54 Å². The molecule has 3 heteroatoms. The monoisotopic (exact) mass is 183 g/mol. The molecule has 3 nitrogen and oxygen atoms in total. The molecule has 0 bridgehead atoms. The van der Waals surface area contributed by atoms with Crippen molar-refractivity contribution in [2.45, 2.75) is 18.9 Å². The normalized spacial score (nSPS) is 19.7. The SMILES string of the molecule is [2H]C([2H])(CCNC)C([2H])(O)c1cccnc1. The van der Waals surface area contributed by atoms with Crippen LogP contribution in [0.3, 0.4) is 0 Å². The molecule has 2 N–H and O–H groups in total. The molecule has 0 radical (unpaired) electrons. The molecule has 0 aliphatic heterocycles. The summed E-state index contributed by atoms with van der Waals surface area (Å²) in [6, 6.07) is 3.07. The number of nitrogens with zero attached hydrogens (tertiary/aromatic N) is 1. The van der Waals surface area contributed by atoms with Crippen LogP contribution in [0.5, 0.6) is 0 Å². The van der Waals surface area contributed by atoms with Gasteiger partial charge in [0.2, 0.25) is 0 Å². The van der Waals surface area contributed by atoms with Gasteiger partial charge in [0.25, 0.3) is 0 Å². The summed E-state index contributed by atoms with van der Waals surface area (Å²) >= 11 is 0. The summed E-state index contributed by atoms with van der Waals surface area (Å²) in [4.78, 5) is 3.78. The summed E-state index contributed by atoms with van der Waals surface area (Å²) in [5.74, 6) is 0. The van der Waals surface area contributed by atoms with Gasteiger partial charge in [-0.2, -0.15) is 0 Å². The molecular formula is C10H16N2O. The lowest BCUT2D eigenvalue weighted by Gasteiger charge is -2.09. The van der Waals surface area contributed by atoms with Gasteiger partial charge in [0.05, 0.1) is 7.45 Å². The molecule has 1 rings (SSSR count). The smallest absolute Gasteiger partial charge is 0.0805 e. The lowest BCUT2D eigenvalue weighted by atomic mass is 10.1. The van der Waals surface area contributed by atoms with Crippen molar-refractivity contribution in [1.82, 2.24) is 10.3 Å². The first-order valence-electron chi connectivity index (χ1n) is 5.69. The molecule has 72 valence electrons. The summed E-state index contributed by atoms with van der Waals surface area (Å²) in [5.41, 5.74) is 0.163. The standard InChI is InChI=1S/C10H16N2O/c1-11-6-3-5-10(13)9-4-2-7-12-8-9/h2,4,7-8,10-11,13H,3,5-6H2,1H3/i5D2,10D. The van der Waals surface area contributed by atoms with E-state index in [0.717, 1.165) is 0 Å². The maximum Gasteiger partial charge on any atom is 0.0805 e. The van der Waals surface area contributed by atoms with Gasteiger partial charge in [0.1, 0.15) is 0 Å². The summed E-state index contributed by atoms with van der Waals surface area (Å²) < 4.78 is 23.2. The maximum absolute atomic E-state index is 9.96. The van der Waals surface area contributed by atoms with Crippen LogP contribution in [0.15, 0.2) is 24.5 Å². The van der Waals surface area contributed by atoms with Crippen LogP contribution in [0.4, 0.5) is 0 Å². The predicted molar refractivity (Wildman–Crippen MR) is 52.4 cm³/mol. The predicted octanol–water partition coefficient (Wildman–Crippen LogP) is 1.11. The van der Waals surface area contributed by atoms with Crippen LogP contribution < -0.4 is 5.32 Å². The van der Waals surface area contributed by atoms with Gasteiger partial charge in [0, 0.05) is 15.1 Å². The Labute approximate surface area is 83.0 Å². The van der Waals surface area contributed by atoms with E-state index in [1.807, 2.05) is 0 Å². The van der Waals surface area contributed by atoms with E-state index in [1.54, 1.807) is 13.1 Å². The minimum absolute atomic E-state index is 0.0540. The summed E-state index contributed by atoms with van der Waals surface area (Å²) in [5, 5.41) is 12.8. The molecule has 0 saturated carbocycles. The summed E-state index contributed by atoms with van der Waals surface area (Å²) in [7, 11) is 1.70. The Hall–Kier alpha value is -0.930. The highest BCUT2D eigenvalue weighted by Gasteiger charge is 2.05. The second-order valence-corrected chi connectivity index (χ2v) is 2.62. The molecule has 1 aromatic heterocycles. The third-order valence-corrected chi connectivity index (χ3v) is 1.60. The van der Waals surface area contributed by atoms with Crippen molar-refractivity contribution in [3.63, 3.8) is 0 Å². The van der Waals surface area contributed by atoms with Crippen LogP contribution in [0.1, 0.15) is 28.5 Å². The van der Waals surface area contributed by atoms with Gasteiger partial charge >= 0.3 is 0 Å². The highest BCUT2D eigenvalue weighted by atomic mass is 16.3. The molecule has 13 heavy (non-hydrogen) atoms. The molecule has 1 aromatic rings. The molecule has 0 aliphatic carbocycles. The lowest BCUT2D eigenvalue weighted by molar-refractivity contribution is 0.164. The van der Waals surface area contributed by atoms with E-state index in [4.69, 9.17) is 4.11 Å². The van der Waals surface area contributed by atoms with Crippen LogP contribution in [-0.2, 0) is 0 Å². The van der Waals surface area contributed by atoms with Crippen LogP contribution in [0, 0.1) is 0 Å². The molecule has 1 heterocycles. The van der Waals surface area contributed by atoms with Crippen molar-refractivity contribution in [2.75, 3.05) is 13.6 Å². The molecule has 0 aliphatic rings. The fourth-order valence-electron chi connectivity index (χ4n) is 0.911. The van der Waals surface area contributed by atoms with Crippen molar-refractivity contribution in [1.29, 1.82) is 0 Å². The number of aliphatic hydroxyl groups is 1. The maximum atomic E-state index is 9.96. The summed E-state index contributed by atoms with van der Waals surface area (Å²) in [6.45, 7) is 0.397. The Kier molecular flexibility index (Phi) is 2.84. The Morgan fingerprint density at radius 2 is 2.69 bits per heavy atom. The molecule has 1 unspecified atom stereocenters. The van der Waals surface area contributed by atoms with Gasteiger partial charge in [0.15, 0.2) is 0 Å². The van der Waals surface area contributed by atoms with Crippen molar-refractivity contribution in [3.05, 3.63) is 30.1 Å². The van der Waals surface area contributed by atoms with Crippen molar-refractivity contribution >= 4 is 0 Å². The molecular weight excluding hydrogens is 164 g/mol. The van der Waals surface area contributed by atoms with Gasteiger partial charge in [-0.3, -0.25) is 4.98 Å². The Morgan fingerprint density at radius 3 is 3.31 bits per heavy atom. The lowest BCUT2D eigenvalue weighted by Crippen LogP contribution is -2.09. The molecule has 1 atom stereocenters. The van der Waals surface area contributed by atoms with Crippen molar-refractivity contribution < 1.29 is 9.22 Å². The van der Waals surface area contributed by atoms with E-state index < -0.39 is 12.5 Å². The number of nitrogens with one attached hydrogen (secondary N) is 1. The van der Waals surface area contributed by atoms with Crippen LogP contribution in [0.2, 0.25) is 0 Å². The molecule has 0 aromatic carbocycles. The summed E-state index contributed by atoms with van der Waals surface area (Å²) in [6.07, 6.45) is -1.43. The highest BCUT2D eigenvalue weighted by Crippen LogP contribution is 2.15. The first kappa shape index (κ1) is 6.51. The fraction of sp³-hybridized carbons (Fsp3) is 0.500. The number of hydrogen-bond donors (Lipinski definition) is 2. The van der Waals surface area contributed by atoms with E-state index >= 15 is 0 Å². The highest BCUT2D eigenvalue weighted by molar-refractivity contribution is 5.11. The third-order valence-electron chi connectivity index (χ3n) is 1.60. The molecule has 0 amide bonds. The zero-order valence-electron chi connectivity index (χ0n) is 10.6.